The second kappa shape index (κ2) is 4.35. The number of pyridine rings is 1. The number of nitrogens with one attached hydrogen (secondary N) is 1. The zero-order chi connectivity index (χ0) is 13.5. The minimum Gasteiger partial charge on any atom is -0.363 e. The Bertz CT molecular complexity index is 766. The zero-order valence-corrected chi connectivity index (χ0v) is 11.3. The number of rotatable bonds is 2. The van der Waals surface area contributed by atoms with Crippen LogP contribution in [-0.4, -0.2) is 25.2 Å². The van der Waals surface area contributed by atoms with Crippen molar-refractivity contribution in [2.45, 2.75) is 13.0 Å². The molecular weight excluding hydrogens is 260 g/mol. The maximum Gasteiger partial charge on any atom is 0.173 e. The first-order valence-corrected chi connectivity index (χ1v) is 7.79. The molecule has 5 heteroatoms. The van der Waals surface area contributed by atoms with Crippen molar-refractivity contribution in [3.8, 4) is 0 Å². The first-order valence-electron chi connectivity index (χ1n) is 6.07. The van der Waals surface area contributed by atoms with Crippen LogP contribution in [0.1, 0.15) is 5.56 Å². The number of aromatic nitrogens is 1. The molecule has 1 aromatic carbocycles. The lowest BCUT2D eigenvalue weighted by Crippen LogP contribution is -2.22. The summed E-state index contributed by atoms with van der Waals surface area (Å²) in [6.45, 7) is 1.97. The maximum atomic E-state index is 11.4. The molecule has 3 rings (SSSR count). The Morgan fingerprint density at radius 3 is 2.84 bits per heavy atom. The van der Waals surface area contributed by atoms with E-state index in [0.29, 0.717) is 0 Å². The van der Waals surface area contributed by atoms with Gasteiger partial charge in [0.15, 0.2) is 9.84 Å². The van der Waals surface area contributed by atoms with Crippen molar-refractivity contribution in [3.05, 3.63) is 47.4 Å². The van der Waals surface area contributed by atoms with Crippen LogP contribution in [-0.2, 0) is 9.84 Å². The van der Waals surface area contributed by atoms with Gasteiger partial charge in [-0.15, -0.1) is 0 Å². The highest BCUT2D eigenvalue weighted by Gasteiger charge is 2.22. The number of para-hydroxylation sites is 1. The van der Waals surface area contributed by atoms with Crippen LogP contribution in [0.15, 0.2) is 41.8 Å². The summed E-state index contributed by atoms with van der Waals surface area (Å²) < 4.78 is 22.8. The standard InChI is InChI=1S/C14H14N2O2S/c1-10-8-11-4-2-3-5-13(11)16-14(10)15-12-6-7-19(17,18)9-12/h2-8,12H,9H2,1H3,(H,15,16). The molecule has 1 atom stereocenters. The van der Waals surface area contributed by atoms with Crippen molar-refractivity contribution in [1.29, 1.82) is 0 Å². The first-order chi connectivity index (χ1) is 9.03. The largest absolute Gasteiger partial charge is 0.363 e. The number of sulfone groups is 1. The number of anilines is 1. The molecule has 0 spiro atoms. The topological polar surface area (TPSA) is 59.1 Å². The van der Waals surface area contributed by atoms with Crippen molar-refractivity contribution in [2.75, 3.05) is 11.1 Å². The van der Waals surface area contributed by atoms with Crippen LogP contribution in [0.3, 0.4) is 0 Å². The molecule has 2 heterocycles. The molecule has 1 unspecified atom stereocenters. The van der Waals surface area contributed by atoms with Crippen LogP contribution in [0.5, 0.6) is 0 Å². The Hall–Kier alpha value is -1.88. The summed E-state index contributed by atoms with van der Waals surface area (Å²) in [5, 5.41) is 5.53. The van der Waals surface area contributed by atoms with Gasteiger partial charge in [-0.05, 0) is 30.7 Å². The molecule has 2 aromatic rings. The Morgan fingerprint density at radius 1 is 1.32 bits per heavy atom. The molecule has 0 amide bonds. The molecule has 98 valence electrons. The summed E-state index contributed by atoms with van der Waals surface area (Å²) in [5.41, 5.74) is 1.91. The van der Waals surface area contributed by atoms with Crippen LogP contribution in [0, 0.1) is 6.92 Å². The van der Waals surface area contributed by atoms with Crippen molar-refractivity contribution >= 4 is 26.6 Å². The van der Waals surface area contributed by atoms with E-state index in [1.165, 1.54) is 5.41 Å². The molecule has 0 bridgehead atoms. The summed E-state index contributed by atoms with van der Waals surface area (Å²) in [6, 6.07) is 9.73. The maximum absolute atomic E-state index is 11.4. The molecule has 0 aliphatic carbocycles. The van der Waals surface area contributed by atoms with Gasteiger partial charge in [0.25, 0.3) is 0 Å². The molecule has 0 fully saturated rings. The predicted molar refractivity (Wildman–Crippen MR) is 76.8 cm³/mol. The summed E-state index contributed by atoms with van der Waals surface area (Å²) in [4.78, 5) is 4.55. The normalized spacial score (nSPS) is 20.8. The van der Waals surface area contributed by atoms with E-state index in [2.05, 4.69) is 16.4 Å². The van der Waals surface area contributed by atoms with E-state index in [1.54, 1.807) is 6.08 Å². The number of benzene rings is 1. The molecule has 1 aliphatic heterocycles. The van der Waals surface area contributed by atoms with Crippen LogP contribution in [0.2, 0.25) is 0 Å². The average molecular weight is 274 g/mol. The summed E-state index contributed by atoms with van der Waals surface area (Å²) in [7, 11) is -3.04. The molecule has 0 saturated carbocycles. The summed E-state index contributed by atoms with van der Waals surface area (Å²) >= 11 is 0. The Morgan fingerprint density at radius 2 is 2.11 bits per heavy atom. The SMILES string of the molecule is Cc1cc2ccccc2nc1NC1C=CS(=O)(=O)C1. The van der Waals surface area contributed by atoms with Gasteiger partial charge in [0.05, 0.1) is 17.3 Å². The number of hydrogen-bond acceptors (Lipinski definition) is 4. The van der Waals surface area contributed by atoms with Gasteiger partial charge >= 0.3 is 0 Å². The van der Waals surface area contributed by atoms with Gasteiger partial charge in [-0.2, -0.15) is 0 Å². The van der Waals surface area contributed by atoms with Gasteiger partial charge in [-0.3, -0.25) is 0 Å². The summed E-state index contributed by atoms with van der Waals surface area (Å²) in [5.74, 6) is 0.839. The average Bonchev–Trinajstić information content (AvgIpc) is 2.70. The predicted octanol–water partition coefficient (Wildman–Crippen LogP) is 2.27. The molecule has 0 saturated heterocycles. The zero-order valence-electron chi connectivity index (χ0n) is 10.5. The highest BCUT2D eigenvalue weighted by atomic mass is 32.2. The van der Waals surface area contributed by atoms with Crippen molar-refractivity contribution in [1.82, 2.24) is 4.98 Å². The lowest BCUT2D eigenvalue weighted by atomic mass is 10.1. The molecule has 19 heavy (non-hydrogen) atoms. The minimum atomic E-state index is -3.04. The third-order valence-corrected chi connectivity index (χ3v) is 4.56. The first kappa shape index (κ1) is 12.2. The van der Waals surface area contributed by atoms with Gasteiger partial charge < -0.3 is 5.32 Å². The van der Waals surface area contributed by atoms with E-state index in [4.69, 9.17) is 0 Å². The van der Waals surface area contributed by atoms with E-state index in [9.17, 15) is 8.42 Å². The molecule has 1 aliphatic rings. The smallest absolute Gasteiger partial charge is 0.173 e. The fourth-order valence-electron chi connectivity index (χ4n) is 2.21. The second-order valence-electron chi connectivity index (χ2n) is 4.76. The van der Waals surface area contributed by atoms with Crippen molar-refractivity contribution in [3.63, 3.8) is 0 Å². The van der Waals surface area contributed by atoms with E-state index >= 15 is 0 Å². The molecule has 4 nitrogen and oxygen atoms in total. The Balaban J connectivity index is 1.93. The highest BCUT2D eigenvalue weighted by molar-refractivity contribution is 7.94. The molecule has 1 aromatic heterocycles. The second-order valence-corrected chi connectivity index (χ2v) is 6.69. The number of nitrogens with zero attached hydrogens (tertiary/aromatic N) is 1. The Labute approximate surface area is 112 Å². The number of hydrogen-bond donors (Lipinski definition) is 1. The monoisotopic (exact) mass is 274 g/mol. The Kier molecular flexibility index (Phi) is 2.78. The van der Waals surface area contributed by atoms with Gasteiger partial charge in [0.1, 0.15) is 5.82 Å². The number of aryl methyl sites for hydroxylation is 1. The molecular formula is C14H14N2O2S. The van der Waals surface area contributed by atoms with Crippen LogP contribution in [0.4, 0.5) is 5.82 Å². The third-order valence-electron chi connectivity index (χ3n) is 3.17. The lowest BCUT2D eigenvalue weighted by Gasteiger charge is -2.13. The van der Waals surface area contributed by atoms with Crippen LogP contribution in [0.25, 0.3) is 10.9 Å². The molecule has 0 radical (unpaired) electrons. The van der Waals surface area contributed by atoms with Gasteiger partial charge in [-0.25, -0.2) is 13.4 Å². The van der Waals surface area contributed by atoms with Crippen LogP contribution >= 0.6 is 0 Å². The van der Waals surface area contributed by atoms with E-state index in [0.717, 1.165) is 22.3 Å². The van der Waals surface area contributed by atoms with Crippen molar-refractivity contribution < 1.29 is 8.42 Å². The quantitative estimate of drug-likeness (QED) is 0.912. The number of fused-ring (bicyclic) bond motifs is 1. The van der Waals surface area contributed by atoms with E-state index in [1.807, 2.05) is 31.2 Å². The van der Waals surface area contributed by atoms with Gasteiger partial charge in [0.2, 0.25) is 0 Å². The van der Waals surface area contributed by atoms with Gasteiger partial charge in [-0.1, -0.05) is 18.2 Å². The molecule has 1 N–H and O–H groups in total. The van der Waals surface area contributed by atoms with Gasteiger partial charge in [0, 0.05) is 10.8 Å². The lowest BCUT2D eigenvalue weighted by molar-refractivity contribution is 0.605. The van der Waals surface area contributed by atoms with E-state index in [-0.39, 0.29) is 11.8 Å². The summed E-state index contributed by atoms with van der Waals surface area (Å²) in [6.07, 6.45) is 1.67. The highest BCUT2D eigenvalue weighted by Crippen LogP contribution is 2.21. The third kappa shape index (κ3) is 2.46. The fraction of sp³-hybridized carbons (Fsp3) is 0.214. The van der Waals surface area contributed by atoms with Crippen LogP contribution < -0.4 is 5.32 Å². The minimum absolute atomic E-state index is 0.0982. The van der Waals surface area contributed by atoms with E-state index < -0.39 is 9.84 Å². The fourth-order valence-corrected chi connectivity index (χ4v) is 3.44. The van der Waals surface area contributed by atoms with Crippen molar-refractivity contribution in [2.24, 2.45) is 0 Å².